The maximum atomic E-state index is 14.1. The molecule has 0 spiro atoms. The fourth-order valence-corrected chi connectivity index (χ4v) is 2.38. The lowest BCUT2D eigenvalue weighted by molar-refractivity contribution is -0.116. The van der Waals surface area contributed by atoms with E-state index in [1.807, 2.05) is 0 Å². The van der Waals surface area contributed by atoms with Crippen LogP contribution in [0, 0.1) is 5.82 Å². The van der Waals surface area contributed by atoms with Gasteiger partial charge in [-0.15, -0.1) is 11.6 Å². The number of halogens is 3. The molecule has 21 heavy (non-hydrogen) atoms. The summed E-state index contributed by atoms with van der Waals surface area (Å²) in [5, 5.41) is 9.53. The predicted octanol–water partition coefficient (Wildman–Crippen LogP) is 3.45. The van der Waals surface area contributed by atoms with Crippen molar-refractivity contribution in [3.8, 4) is 5.75 Å². The zero-order valence-electron chi connectivity index (χ0n) is 11.5. The highest BCUT2D eigenvalue weighted by Gasteiger charge is 2.38. The Bertz CT molecular complexity index is 618. The molecule has 1 aliphatic heterocycles. The number of aromatic hydroxyl groups is 1. The highest BCUT2D eigenvalue weighted by molar-refractivity contribution is 6.32. The summed E-state index contributed by atoms with van der Waals surface area (Å²) < 4.78 is 19.6. The third-order valence-corrected chi connectivity index (χ3v) is 3.82. The molecule has 0 bridgehead atoms. The molecule has 1 amide bonds. The molecule has 4 nitrogen and oxygen atoms in total. The molecule has 0 unspecified atom stereocenters. The fourth-order valence-electron chi connectivity index (χ4n) is 2.14. The van der Waals surface area contributed by atoms with Gasteiger partial charge in [-0.25, -0.2) is 4.39 Å². The molecule has 0 saturated carbocycles. The largest absolute Gasteiger partial charge is 0.506 e. The second kappa shape index (κ2) is 6.22. The van der Waals surface area contributed by atoms with Gasteiger partial charge in [0.2, 0.25) is 0 Å². The Morgan fingerprint density at radius 1 is 1.43 bits per heavy atom. The average Bonchev–Trinajstić information content (AvgIpc) is 2.65. The van der Waals surface area contributed by atoms with E-state index < -0.39 is 12.0 Å². The maximum Gasteiger partial charge on any atom is 0.256 e. The summed E-state index contributed by atoms with van der Waals surface area (Å²) in [6.07, 6.45) is -0.744. The lowest BCUT2D eigenvalue weighted by atomic mass is 10.2. The Balaban J connectivity index is 2.46. The molecule has 1 aromatic carbocycles. The number of phenols is 1. The van der Waals surface area contributed by atoms with Crippen LogP contribution in [0.15, 0.2) is 23.3 Å². The fraction of sp³-hybridized carbons (Fsp3) is 0.357. The zero-order chi connectivity index (χ0) is 15.7. The molecule has 7 heteroatoms. The lowest BCUT2D eigenvalue weighted by Crippen LogP contribution is -2.38. The molecule has 0 saturated heterocycles. The summed E-state index contributed by atoms with van der Waals surface area (Å²) in [4.78, 5) is 13.5. The zero-order valence-corrected chi connectivity index (χ0v) is 13.0. The third-order valence-electron chi connectivity index (χ3n) is 3.36. The van der Waals surface area contributed by atoms with E-state index in [9.17, 15) is 14.3 Å². The number of amides is 1. The van der Waals surface area contributed by atoms with Gasteiger partial charge >= 0.3 is 0 Å². The van der Waals surface area contributed by atoms with Crippen LogP contribution in [0.4, 0.5) is 10.1 Å². The number of rotatable bonds is 4. The van der Waals surface area contributed by atoms with E-state index in [2.05, 4.69) is 0 Å². The molecule has 2 rings (SSSR count). The molecule has 0 fully saturated rings. The van der Waals surface area contributed by atoms with Gasteiger partial charge in [-0.3, -0.25) is 9.69 Å². The van der Waals surface area contributed by atoms with Crippen LogP contribution in [0.1, 0.15) is 13.8 Å². The van der Waals surface area contributed by atoms with Gasteiger partial charge in [-0.1, -0.05) is 11.6 Å². The van der Waals surface area contributed by atoms with E-state index in [0.717, 1.165) is 17.0 Å². The van der Waals surface area contributed by atoms with Crippen molar-refractivity contribution in [2.45, 2.75) is 20.1 Å². The van der Waals surface area contributed by atoms with E-state index in [-0.39, 0.29) is 34.9 Å². The topological polar surface area (TPSA) is 49.8 Å². The number of carbonyl (C=O) groups excluding carboxylic acids is 1. The van der Waals surface area contributed by atoms with Gasteiger partial charge in [-0.05, 0) is 25.5 Å². The van der Waals surface area contributed by atoms with Gasteiger partial charge in [0.05, 0.1) is 17.3 Å². The van der Waals surface area contributed by atoms with E-state index in [0.29, 0.717) is 11.1 Å². The van der Waals surface area contributed by atoms with Crippen molar-refractivity contribution < 1.29 is 19.0 Å². The van der Waals surface area contributed by atoms with Gasteiger partial charge in [0, 0.05) is 17.5 Å². The van der Waals surface area contributed by atoms with Crippen molar-refractivity contribution in [3.63, 3.8) is 0 Å². The second-order valence-electron chi connectivity index (χ2n) is 4.65. The number of nitrogens with zero attached hydrogens (tertiary/aromatic N) is 1. The first-order chi connectivity index (χ1) is 9.88. The first-order valence-electron chi connectivity index (χ1n) is 6.25. The molecular weight excluding hydrogens is 320 g/mol. The van der Waals surface area contributed by atoms with Crippen molar-refractivity contribution in [2.24, 2.45) is 0 Å². The average molecular weight is 334 g/mol. The second-order valence-corrected chi connectivity index (χ2v) is 5.44. The minimum atomic E-state index is -0.744. The molecule has 0 aromatic heterocycles. The molecule has 1 aliphatic rings. The van der Waals surface area contributed by atoms with Crippen molar-refractivity contribution in [1.82, 2.24) is 0 Å². The number of phenolic OH excluding ortho intramolecular Hbond substituents is 1. The monoisotopic (exact) mass is 333 g/mol. The Kier molecular flexibility index (Phi) is 4.76. The molecule has 1 aromatic rings. The summed E-state index contributed by atoms with van der Waals surface area (Å²) in [5.74, 6) is -1.15. The van der Waals surface area contributed by atoms with E-state index in [1.165, 1.54) is 0 Å². The quantitative estimate of drug-likeness (QED) is 0.858. The normalized spacial score (nSPS) is 18.8. The van der Waals surface area contributed by atoms with Crippen LogP contribution in [0.25, 0.3) is 0 Å². The first kappa shape index (κ1) is 16.1. The minimum Gasteiger partial charge on any atom is -0.506 e. The van der Waals surface area contributed by atoms with Crippen molar-refractivity contribution in [2.75, 3.05) is 17.4 Å². The van der Waals surface area contributed by atoms with Gasteiger partial charge in [0.25, 0.3) is 5.91 Å². The predicted molar refractivity (Wildman–Crippen MR) is 79.4 cm³/mol. The van der Waals surface area contributed by atoms with Gasteiger partial charge in [0.15, 0.2) is 6.23 Å². The number of alkyl halides is 1. The molecule has 0 aliphatic carbocycles. The lowest BCUT2D eigenvalue weighted by Gasteiger charge is -2.27. The van der Waals surface area contributed by atoms with E-state index in [1.54, 1.807) is 13.8 Å². The highest BCUT2D eigenvalue weighted by Crippen LogP contribution is 2.37. The van der Waals surface area contributed by atoms with E-state index in [4.69, 9.17) is 27.9 Å². The van der Waals surface area contributed by atoms with Crippen molar-refractivity contribution in [3.05, 3.63) is 34.1 Å². The van der Waals surface area contributed by atoms with E-state index >= 15 is 0 Å². The van der Waals surface area contributed by atoms with Crippen LogP contribution in [-0.2, 0) is 9.53 Å². The van der Waals surface area contributed by atoms with Crippen LogP contribution in [0.3, 0.4) is 0 Å². The van der Waals surface area contributed by atoms with Gasteiger partial charge in [0.1, 0.15) is 11.6 Å². The maximum absolute atomic E-state index is 14.1. The summed E-state index contributed by atoms with van der Waals surface area (Å²) >= 11 is 11.2. The van der Waals surface area contributed by atoms with Gasteiger partial charge in [-0.2, -0.15) is 0 Å². The van der Waals surface area contributed by atoms with Gasteiger partial charge < -0.3 is 9.84 Å². The molecule has 1 N–H and O–H groups in total. The number of ether oxygens (including phenoxy) is 1. The third kappa shape index (κ3) is 2.86. The van der Waals surface area contributed by atoms with Crippen molar-refractivity contribution >= 4 is 34.8 Å². The van der Waals surface area contributed by atoms with Crippen molar-refractivity contribution in [1.29, 1.82) is 0 Å². The molecular formula is C14H14Cl2FNO3. The highest BCUT2D eigenvalue weighted by atomic mass is 35.5. The number of hydrogen-bond donors (Lipinski definition) is 1. The van der Waals surface area contributed by atoms with Crippen LogP contribution < -0.4 is 4.90 Å². The summed E-state index contributed by atoms with van der Waals surface area (Å²) in [6.45, 7) is 3.59. The molecule has 1 atom stereocenters. The summed E-state index contributed by atoms with van der Waals surface area (Å²) in [6, 6.07) is 2.07. The molecule has 114 valence electrons. The number of benzene rings is 1. The Hall–Kier alpha value is -1.30. The smallest absolute Gasteiger partial charge is 0.256 e. The standard InChI is InChI=1S/C14H14Cl2FNO3/c1-7-8(2)14(21-4-3-15)18(13(7)20)11-6-12(19)9(16)5-10(11)17/h5-6,14,19H,3-4H2,1-2H3/t14-/m1/s1. The SMILES string of the molecule is CC1=C(C)[C@@H](OCCCl)N(c2cc(O)c(Cl)cc2F)C1=O. The van der Waals surface area contributed by atoms with Crippen LogP contribution in [-0.4, -0.2) is 29.7 Å². The minimum absolute atomic E-state index is 0.0855. The number of carbonyl (C=O) groups is 1. The summed E-state index contributed by atoms with van der Waals surface area (Å²) in [7, 11) is 0. The Morgan fingerprint density at radius 2 is 2.10 bits per heavy atom. The van der Waals surface area contributed by atoms with Crippen LogP contribution in [0.5, 0.6) is 5.75 Å². The summed E-state index contributed by atoms with van der Waals surface area (Å²) in [5.41, 5.74) is 1.07. The molecule has 0 radical (unpaired) electrons. The first-order valence-corrected chi connectivity index (χ1v) is 7.16. The van der Waals surface area contributed by atoms with Crippen LogP contribution in [0.2, 0.25) is 5.02 Å². The Morgan fingerprint density at radius 3 is 2.71 bits per heavy atom. The molecule has 1 heterocycles. The number of anilines is 1. The number of hydrogen-bond acceptors (Lipinski definition) is 3. The van der Waals surface area contributed by atoms with Crippen LogP contribution >= 0.6 is 23.2 Å². The Labute approximate surface area is 131 Å².